The van der Waals surface area contributed by atoms with E-state index in [1.54, 1.807) is 11.0 Å². The van der Waals surface area contributed by atoms with Gasteiger partial charge in [0.25, 0.3) is 5.91 Å². The molecule has 4 heteroatoms. The zero-order chi connectivity index (χ0) is 14.1. The van der Waals surface area contributed by atoms with E-state index in [1.807, 2.05) is 19.2 Å². The van der Waals surface area contributed by atoms with E-state index in [4.69, 9.17) is 0 Å². The Morgan fingerprint density at radius 2 is 1.94 bits per heavy atom. The Hall–Kier alpha value is -0.480. The van der Waals surface area contributed by atoms with E-state index in [2.05, 4.69) is 56.3 Å². The van der Waals surface area contributed by atoms with Gasteiger partial charge >= 0.3 is 0 Å². The monoisotopic (exact) mass is 329 g/mol. The summed E-state index contributed by atoms with van der Waals surface area (Å²) in [5.41, 5.74) is 0.691. The van der Waals surface area contributed by atoms with Crippen molar-refractivity contribution in [2.75, 3.05) is 7.05 Å². The summed E-state index contributed by atoms with van der Waals surface area (Å²) in [4.78, 5) is 14.9. The highest BCUT2D eigenvalue weighted by Crippen LogP contribution is 2.26. The van der Waals surface area contributed by atoms with Crippen molar-refractivity contribution >= 4 is 34.5 Å². The van der Waals surface area contributed by atoms with Crippen molar-refractivity contribution in [3.05, 3.63) is 28.2 Å². The molecule has 1 atom stereocenters. The standard InChI is InChI=1S/C14H20BrNOS/c1-9(14(2,3)4)16(5)13(17)11-7-6-10(15)8-12(11)18/h6-9,18H,1-5H3. The van der Waals surface area contributed by atoms with Crippen LogP contribution in [0.25, 0.3) is 0 Å². The van der Waals surface area contributed by atoms with Crippen LogP contribution >= 0.6 is 28.6 Å². The Bertz CT molecular complexity index is 454. The second-order valence-corrected chi connectivity index (χ2v) is 7.02. The number of rotatable bonds is 2. The summed E-state index contributed by atoms with van der Waals surface area (Å²) < 4.78 is 0.926. The number of hydrogen-bond donors (Lipinski definition) is 1. The van der Waals surface area contributed by atoms with Crippen LogP contribution in [-0.2, 0) is 0 Å². The second-order valence-electron chi connectivity index (χ2n) is 5.62. The Balaban J connectivity index is 3.00. The Labute approximate surface area is 123 Å². The Morgan fingerprint density at radius 3 is 2.39 bits per heavy atom. The molecule has 0 aliphatic heterocycles. The van der Waals surface area contributed by atoms with Gasteiger partial charge in [0.2, 0.25) is 0 Å². The molecule has 0 aromatic heterocycles. The molecule has 0 saturated carbocycles. The predicted octanol–water partition coefficient (Wildman–Crippen LogP) is 4.24. The summed E-state index contributed by atoms with van der Waals surface area (Å²) in [6.45, 7) is 8.45. The third kappa shape index (κ3) is 3.51. The lowest BCUT2D eigenvalue weighted by molar-refractivity contribution is 0.0626. The number of benzene rings is 1. The minimum Gasteiger partial charge on any atom is -0.338 e. The van der Waals surface area contributed by atoms with Crippen LogP contribution in [-0.4, -0.2) is 23.9 Å². The molecule has 0 aliphatic carbocycles. The fourth-order valence-electron chi connectivity index (χ4n) is 1.63. The molecule has 0 aliphatic rings. The van der Waals surface area contributed by atoms with Crippen LogP contribution in [0.4, 0.5) is 0 Å². The SMILES string of the molecule is CC(N(C)C(=O)c1ccc(Br)cc1S)C(C)(C)C. The molecule has 1 amide bonds. The number of hydrogen-bond acceptors (Lipinski definition) is 2. The van der Waals surface area contributed by atoms with Crippen LogP contribution in [0.15, 0.2) is 27.6 Å². The summed E-state index contributed by atoms with van der Waals surface area (Å²) in [5, 5.41) is 0. The summed E-state index contributed by atoms with van der Waals surface area (Å²) in [6.07, 6.45) is 0. The fraction of sp³-hybridized carbons (Fsp3) is 0.500. The number of halogens is 1. The number of thiol groups is 1. The van der Waals surface area contributed by atoms with Crippen molar-refractivity contribution < 1.29 is 4.79 Å². The summed E-state index contributed by atoms with van der Waals surface area (Å²) in [6, 6.07) is 5.66. The molecule has 100 valence electrons. The summed E-state index contributed by atoms with van der Waals surface area (Å²) in [5.74, 6) is 0.00919. The minimum absolute atomic E-state index is 0.00919. The molecule has 0 spiro atoms. The lowest BCUT2D eigenvalue weighted by Gasteiger charge is -2.35. The van der Waals surface area contributed by atoms with E-state index in [0.29, 0.717) is 10.5 Å². The average Bonchev–Trinajstić information content (AvgIpc) is 2.25. The van der Waals surface area contributed by atoms with Crippen LogP contribution in [0.2, 0.25) is 0 Å². The molecule has 0 heterocycles. The first kappa shape index (κ1) is 15.6. The zero-order valence-corrected chi connectivity index (χ0v) is 14.0. The van der Waals surface area contributed by atoms with Crippen LogP contribution in [0.5, 0.6) is 0 Å². The number of nitrogens with zero attached hydrogens (tertiary/aromatic N) is 1. The van der Waals surface area contributed by atoms with E-state index in [0.717, 1.165) is 4.47 Å². The molecule has 1 unspecified atom stereocenters. The van der Waals surface area contributed by atoms with Gasteiger partial charge in [-0.25, -0.2) is 0 Å². The quantitative estimate of drug-likeness (QED) is 0.804. The van der Waals surface area contributed by atoms with Gasteiger partial charge in [-0.05, 0) is 30.5 Å². The first-order valence-electron chi connectivity index (χ1n) is 5.90. The normalized spacial score (nSPS) is 13.3. The molecule has 0 bridgehead atoms. The van der Waals surface area contributed by atoms with Gasteiger partial charge in [0, 0.05) is 22.5 Å². The van der Waals surface area contributed by atoms with E-state index in [9.17, 15) is 4.79 Å². The van der Waals surface area contributed by atoms with E-state index >= 15 is 0 Å². The Kier molecular flexibility index (Phi) is 4.90. The molecule has 0 saturated heterocycles. The molecular formula is C14H20BrNOS. The van der Waals surface area contributed by atoms with Gasteiger partial charge in [0.05, 0.1) is 5.56 Å². The molecule has 0 fully saturated rings. The maximum Gasteiger partial charge on any atom is 0.254 e. The molecule has 1 aromatic rings. The number of carbonyl (C=O) groups is 1. The third-order valence-corrected chi connectivity index (χ3v) is 4.21. The van der Waals surface area contributed by atoms with Gasteiger partial charge in [-0.2, -0.15) is 0 Å². The van der Waals surface area contributed by atoms with Crippen molar-refractivity contribution in [2.45, 2.75) is 38.6 Å². The third-order valence-electron chi connectivity index (χ3n) is 3.34. The van der Waals surface area contributed by atoms with E-state index < -0.39 is 0 Å². The lowest BCUT2D eigenvalue weighted by Crippen LogP contribution is -2.43. The number of carbonyl (C=O) groups excluding carboxylic acids is 1. The highest BCUT2D eigenvalue weighted by molar-refractivity contribution is 9.10. The zero-order valence-electron chi connectivity index (χ0n) is 11.5. The van der Waals surface area contributed by atoms with E-state index in [1.165, 1.54) is 0 Å². The summed E-state index contributed by atoms with van der Waals surface area (Å²) in [7, 11) is 1.84. The highest BCUT2D eigenvalue weighted by atomic mass is 79.9. The van der Waals surface area contributed by atoms with Gasteiger partial charge in [-0.15, -0.1) is 12.6 Å². The van der Waals surface area contributed by atoms with Gasteiger partial charge in [-0.1, -0.05) is 36.7 Å². The maximum atomic E-state index is 12.4. The largest absolute Gasteiger partial charge is 0.338 e. The molecule has 1 rings (SSSR count). The molecule has 1 aromatic carbocycles. The van der Waals surface area contributed by atoms with Gasteiger partial charge < -0.3 is 4.90 Å². The van der Waals surface area contributed by atoms with Gasteiger partial charge in [0.15, 0.2) is 0 Å². The van der Waals surface area contributed by atoms with Crippen LogP contribution in [0.1, 0.15) is 38.1 Å². The first-order chi connectivity index (χ1) is 8.14. The molecular weight excluding hydrogens is 310 g/mol. The average molecular weight is 330 g/mol. The second kappa shape index (κ2) is 5.66. The molecule has 0 radical (unpaired) electrons. The maximum absolute atomic E-state index is 12.4. The van der Waals surface area contributed by atoms with Gasteiger partial charge in [-0.3, -0.25) is 4.79 Å². The van der Waals surface area contributed by atoms with Crippen LogP contribution < -0.4 is 0 Å². The number of amides is 1. The molecule has 18 heavy (non-hydrogen) atoms. The van der Waals surface area contributed by atoms with Crippen molar-refractivity contribution in [1.29, 1.82) is 0 Å². The summed E-state index contributed by atoms with van der Waals surface area (Å²) >= 11 is 7.73. The lowest BCUT2D eigenvalue weighted by atomic mass is 9.87. The van der Waals surface area contributed by atoms with Crippen molar-refractivity contribution in [1.82, 2.24) is 4.90 Å². The van der Waals surface area contributed by atoms with Crippen molar-refractivity contribution in [3.63, 3.8) is 0 Å². The smallest absolute Gasteiger partial charge is 0.254 e. The van der Waals surface area contributed by atoms with Crippen molar-refractivity contribution in [3.8, 4) is 0 Å². The molecule has 2 nitrogen and oxygen atoms in total. The van der Waals surface area contributed by atoms with Gasteiger partial charge in [0.1, 0.15) is 0 Å². The highest BCUT2D eigenvalue weighted by Gasteiger charge is 2.28. The topological polar surface area (TPSA) is 20.3 Å². The minimum atomic E-state index is 0.00919. The first-order valence-corrected chi connectivity index (χ1v) is 7.14. The van der Waals surface area contributed by atoms with Crippen LogP contribution in [0.3, 0.4) is 0 Å². The Morgan fingerprint density at radius 1 is 1.39 bits per heavy atom. The van der Waals surface area contributed by atoms with E-state index in [-0.39, 0.29) is 17.4 Å². The fourth-order valence-corrected chi connectivity index (χ4v) is 2.48. The molecule has 0 N–H and O–H groups in total. The predicted molar refractivity (Wildman–Crippen MR) is 82.4 cm³/mol. The van der Waals surface area contributed by atoms with Crippen LogP contribution in [0, 0.1) is 5.41 Å². The van der Waals surface area contributed by atoms with Crippen molar-refractivity contribution in [2.24, 2.45) is 5.41 Å².